The molecule has 0 aliphatic rings. The molecule has 0 radical (unpaired) electrons. The Morgan fingerprint density at radius 1 is 0.943 bits per heavy atom. The zero-order chi connectivity index (χ0) is 25.2. The van der Waals surface area contributed by atoms with Crippen molar-refractivity contribution in [2.45, 2.75) is 51.7 Å². The molecule has 0 fully saturated rings. The van der Waals surface area contributed by atoms with Crippen LogP contribution in [0.15, 0.2) is 78.9 Å². The van der Waals surface area contributed by atoms with Gasteiger partial charge in [0, 0.05) is 19.0 Å². The molecule has 0 aliphatic heterocycles. The first-order valence-electron chi connectivity index (χ1n) is 11.9. The number of nitrogens with one attached hydrogen (secondary N) is 1. The lowest BCUT2D eigenvalue weighted by molar-refractivity contribution is -0.141. The van der Waals surface area contributed by atoms with Crippen LogP contribution in [-0.4, -0.2) is 35.9 Å². The Kier molecular flexibility index (Phi) is 9.41. The number of carbonyl (C=O) groups is 2. The third-order valence-corrected chi connectivity index (χ3v) is 6.03. The van der Waals surface area contributed by atoms with Crippen LogP contribution in [0.4, 0.5) is 4.39 Å². The summed E-state index contributed by atoms with van der Waals surface area (Å²) in [5, 5.41) is 3.06. The summed E-state index contributed by atoms with van der Waals surface area (Å²) in [6.07, 6.45) is 1.22. The molecule has 3 rings (SSSR count). The lowest BCUT2D eigenvalue weighted by Crippen LogP contribution is -2.52. The van der Waals surface area contributed by atoms with E-state index in [0.29, 0.717) is 17.7 Å². The highest BCUT2D eigenvalue weighted by Crippen LogP contribution is 2.20. The lowest BCUT2D eigenvalue weighted by Gasteiger charge is -2.32. The Bertz CT molecular complexity index is 1100. The van der Waals surface area contributed by atoms with Gasteiger partial charge in [-0.05, 0) is 54.3 Å². The van der Waals surface area contributed by atoms with Gasteiger partial charge in [-0.15, -0.1) is 0 Å². The molecule has 184 valence electrons. The minimum atomic E-state index is -0.717. The van der Waals surface area contributed by atoms with Gasteiger partial charge in [-0.3, -0.25) is 9.59 Å². The number of hydrogen-bond donors (Lipinski definition) is 1. The van der Waals surface area contributed by atoms with E-state index in [-0.39, 0.29) is 36.6 Å². The van der Waals surface area contributed by atoms with Crippen molar-refractivity contribution in [3.63, 3.8) is 0 Å². The van der Waals surface area contributed by atoms with Crippen LogP contribution in [0.5, 0.6) is 5.75 Å². The third-order valence-electron chi connectivity index (χ3n) is 6.03. The third kappa shape index (κ3) is 7.67. The maximum absolute atomic E-state index is 13.7. The normalized spacial score (nSPS) is 12.5. The zero-order valence-corrected chi connectivity index (χ0v) is 20.5. The first-order valence-corrected chi connectivity index (χ1v) is 11.9. The van der Waals surface area contributed by atoms with E-state index in [1.165, 1.54) is 12.1 Å². The Labute approximate surface area is 206 Å². The molecule has 0 saturated carbocycles. The van der Waals surface area contributed by atoms with Crippen LogP contribution in [-0.2, 0) is 29.0 Å². The number of hydrogen-bond acceptors (Lipinski definition) is 3. The van der Waals surface area contributed by atoms with Crippen molar-refractivity contribution < 1.29 is 18.7 Å². The highest BCUT2D eigenvalue weighted by atomic mass is 19.1. The van der Waals surface area contributed by atoms with E-state index in [1.807, 2.05) is 68.4 Å². The number of methoxy groups -OCH3 is 1. The van der Waals surface area contributed by atoms with Crippen LogP contribution in [0.2, 0.25) is 0 Å². The summed E-state index contributed by atoms with van der Waals surface area (Å²) >= 11 is 0. The molecule has 0 heterocycles. The van der Waals surface area contributed by atoms with E-state index in [9.17, 15) is 14.0 Å². The van der Waals surface area contributed by atoms with Crippen LogP contribution in [0, 0.1) is 5.82 Å². The average molecular weight is 477 g/mol. The quantitative estimate of drug-likeness (QED) is 0.427. The Morgan fingerprint density at radius 2 is 1.63 bits per heavy atom. The van der Waals surface area contributed by atoms with Gasteiger partial charge in [-0.1, -0.05) is 61.5 Å². The number of amides is 2. The van der Waals surface area contributed by atoms with E-state index in [4.69, 9.17) is 4.74 Å². The molecule has 6 heteroatoms. The number of ether oxygens (including phenoxy) is 1. The van der Waals surface area contributed by atoms with Crippen LogP contribution in [0.3, 0.4) is 0 Å². The molecule has 0 aromatic heterocycles. The standard InChI is InChI=1S/C29H33FN2O3/c1-4-21(2)31-29(34)27(18-22-9-6-5-7-10-22)32(20-24-11-8-12-26(17-24)35-3)28(33)19-23-13-15-25(30)16-14-23/h5-17,21,27H,4,18-20H2,1-3H3,(H,31,34)/t21-,27+/m1/s1. The topological polar surface area (TPSA) is 58.6 Å². The minimum absolute atomic E-state index is 0.0216. The van der Waals surface area contributed by atoms with Gasteiger partial charge in [0.25, 0.3) is 0 Å². The van der Waals surface area contributed by atoms with Gasteiger partial charge in [-0.2, -0.15) is 0 Å². The van der Waals surface area contributed by atoms with Crippen LogP contribution in [0.1, 0.15) is 37.0 Å². The molecule has 0 aliphatic carbocycles. The first kappa shape index (κ1) is 25.9. The molecular formula is C29H33FN2O3. The number of carbonyl (C=O) groups excluding carboxylic acids is 2. The largest absolute Gasteiger partial charge is 0.497 e. The predicted molar refractivity (Wildman–Crippen MR) is 135 cm³/mol. The maximum atomic E-state index is 13.7. The van der Waals surface area contributed by atoms with E-state index in [0.717, 1.165) is 17.5 Å². The van der Waals surface area contributed by atoms with Gasteiger partial charge in [-0.25, -0.2) is 4.39 Å². The average Bonchev–Trinajstić information content (AvgIpc) is 2.88. The van der Waals surface area contributed by atoms with E-state index >= 15 is 0 Å². The fourth-order valence-corrected chi connectivity index (χ4v) is 3.84. The molecule has 5 nitrogen and oxygen atoms in total. The summed E-state index contributed by atoms with van der Waals surface area (Å²) < 4.78 is 18.8. The van der Waals surface area contributed by atoms with Gasteiger partial charge < -0.3 is 15.0 Å². The zero-order valence-electron chi connectivity index (χ0n) is 20.5. The van der Waals surface area contributed by atoms with E-state index in [2.05, 4.69) is 5.32 Å². The maximum Gasteiger partial charge on any atom is 0.243 e. The molecule has 2 amide bonds. The molecule has 0 spiro atoms. The summed E-state index contributed by atoms with van der Waals surface area (Å²) in [7, 11) is 1.59. The second kappa shape index (κ2) is 12.7. The second-order valence-electron chi connectivity index (χ2n) is 8.70. The summed E-state index contributed by atoms with van der Waals surface area (Å²) in [4.78, 5) is 28.8. The summed E-state index contributed by atoms with van der Waals surface area (Å²) in [6.45, 7) is 4.19. The monoisotopic (exact) mass is 476 g/mol. The molecule has 3 aromatic rings. The summed E-state index contributed by atoms with van der Waals surface area (Å²) in [5.41, 5.74) is 2.50. The molecule has 0 bridgehead atoms. The van der Waals surface area contributed by atoms with Crippen molar-refractivity contribution >= 4 is 11.8 Å². The fraction of sp³-hybridized carbons (Fsp3) is 0.310. The number of nitrogens with zero attached hydrogens (tertiary/aromatic N) is 1. The molecule has 1 N–H and O–H groups in total. The van der Waals surface area contributed by atoms with E-state index in [1.54, 1.807) is 24.1 Å². The number of halogens is 1. The predicted octanol–water partition coefficient (Wildman–Crippen LogP) is 4.93. The van der Waals surface area contributed by atoms with Crippen LogP contribution in [0.25, 0.3) is 0 Å². The lowest BCUT2D eigenvalue weighted by atomic mass is 10.0. The van der Waals surface area contributed by atoms with E-state index < -0.39 is 6.04 Å². The van der Waals surface area contributed by atoms with Gasteiger partial charge in [0.05, 0.1) is 13.5 Å². The van der Waals surface area contributed by atoms with Gasteiger partial charge >= 0.3 is 0 Å². The van der Waals surface area contributed by atoms with Gasteiger partial charge in [0.15, 0.2) is 0 Å². The fourth-order valence-electron chi connectivity index (χ4n) is 3.84. The minimum Gasteiger partial charge on any atom is -0.497 e. The van der Waals surface area contributed by atoms with Crippen molar-refractivity contribution in [3.8, 4) is 5.75 Å². The Morgan fingerprint density at radius 3 is 2.29 bits per heavy atom. The SMILES string of the molecule is CC[C@@H](C)NC(=O)[C@H](Cc1ccccc1)N(Cc1cccc(OC)c1)C(=O)Cc1ccc(F)cc1. The molecule has 0 unspecified atom stereocenters. The Balaban J connectivity index is 1.97. The van der Waals surface area contributed by atoms with Crippen molar-refractivity contribution in [2.75, 3.05) is 7.11 Å². The summed E-state index contributed by atoms with van der Waals surface area (Å²) in [5.74, 6) is -0.0837. The van der Waals surface area contributed by atoms with Crippen LogP contribution < -0.4 is 10.1 Å². The van der Waals surface area contributed by atoms with Crippen LogP contribution >= 0.6 is 0 Å². The molecule has 35 heavy (non-hydrogen) atoms. The Hall–Kier alpha value is -3.67. The van der Waals surface area contributed by atoms with Gasteiger partial charge in [0.2, 0.25) is 11.8 Å². The molecule has 0 saturated heterocycles. The second-order valence-corrected chi connectivity index (χ2v) is 8.70. The number of rotatable bonds is 11. The molecular weight excluding hydrogens is 443 g/mol. The van der Waals surface area contributed by atoms with Crippen molar-refractivity contribution in [3.05, 3.63) is 101 Å². The molecule has 3 aromatic carbocycles. The highest BCUT2D eigenvalue weighted by molar-refractivity contribution is 5.89. The summed E-state index contributed by atoms with van der Waals surface area (Å²) in [6, 6.07) is 22.3. The first-order chi connectivity index (χ1) is 16.9. The van der Waals surface area contributed by atoms with Crippen molar-refractivity contribution in [2.24, 2.45) is 0 Å². The van der Waals surface area contributed by atoms with Crippen molar-refractivity contribution in [1.82, 2.24) is 10.2 Å². The van der Waals surface area contributed by atoms with Crippen molar-refractivity contribution in [1.29, 1.82) is 0 Å². The highest BCUT2D eigenvalue weighted by Gasteiger charge is 2.31. The molecule has 2 atom stereocenters. The van der Waals surface area contributed by atoms with Gasteiger partial charge in [0.1, 0.15) is 17.6 Å². The number of benzene rings is 3. The smallest absolute Gasteiger partial charge is 0.243 e.